The maximum atomic E-state index is 8.84. The van der Waals surface area contributed by atoms with E-state index in [0.29, 0.717) is 21.7 Å². The van der Waals surface area contributed by atoms with Gasteiger partial charge in [0.2, 0.25) is 0 Å². The topological polar surface area (TPSA) is 49.8 Å². The van der Waals surface area contributed by atoms with E-state index in [4.69, 9.17) is 21.3 Å². The number of halogens is 1. The van der Waals surface area contributed by atoms with Gasteiger partial charge in [-0.3, -0.25) is 4.98 Å². The number of pyridine rings is 1. The Morgan fingerprint density at radius 2 is 2.12 bits per heavy atom. The molecule has 0 N–H and O–H groups in total. The molecule has 0 saturated heterocycles. The highest BCUT2D eigenvalue weighted by Gasteiger charge is 2.13. The molecule has 0 bridgehead atoms. The standard InChI is InChI=1S/C12H5ClN2O/c13-10-7(5-14)6-15-11-8-3-1-2-4-9(8)16-12(10)11/h1-4,6H. The maximum Gasteiger partial charge on any atom is 0.173 e. The molecule has 3 aromatic rings. The van der Waals surface area contributed by atoms with Crippen molar-refractivity contribution in [2.75, 3.05) is 0 Å². The quantitative estimate of drug-likeness (QED) is 0.592. The zero-order valence-corrected chi connectivity index (χ0v) is 8.82. The van der Waals surface area contributed by atoms with Gasteiger partial charge < -0.3 is 4.42 Å². The van der Waals surface area contributed by atoms with Crippen LogP contribution in [-0.4, -0.2) is 4.98 Å². The zero-order chi connectivity index (χ0) is 11.1. The lowest BCUT2D eigenvalue weighted by Crippen LogP contribution is -1.81. The lowest BCUT2D eigenvalue weighted by Gasteiger charge is -1.93. The molecule has 0 amide bonds. The van der Waals surface area contributed by atoms with Crippen LogP contribution >= 0.6 is 11.6 Å². The zero-order valence-electron chi connectivity index (χ0n) is 8.07. The number of nitriles is 1. The highest BCUT2D eigenvalue weighted by Crippen LogP contribution is 2.32. The predicted octanol–water partition coefficient (Wildman–Crippen LogP) is 3.51. The van der Waals surface area contributed by atoms with Gasteiger partial charge in [0.15, 0.2) is 5.58 Å². The van der Waals surface area contributed by atoms with Gasteiger partial charge in [0, 0.05) is 11.6 Å². The van der Waals surface area contributed by atoms with Gasteiger partial charge in [-0.05, 0) is 12.1 Å². The summed E-state index contributed by atoms with van der Waals surface area (Å²) in [5, 5.41) is 10.1. The molecule has 0 aliphatic rings. The van der Waals surface area contributed by atoms with Crippen LogP contribution < -0.4 is 0 Å². The molecule has 76 valence electrons. The summed E-state index contributed by atoms with van der Waals surface area (Å²) < 4.78 is 5.58. The van der Waals surface area contributed by atoms with Crippen LogP contribution in [0.3, 0.4) is 0 Å². The Kier molecular flexibility index (Phi) is 1.85. The van der Waals surface area contributed by atoms with E-state index in [1.807, 2.05) is 30.3 Å². The normalized spacial score (nSPS) is 10.8. The minimum absolute atomic E-state index is 0.323. The third-order valence-electron chi connectivity index (χ3n) is 2.45. The Morgan fingerprint density at radius 3 is 2.94 bits per heavy atom. The number of benzene rings is 1. The second-order valence-corrected chi connectivity index (χ2v) is 3.75. The lowest BCUT2D eigenvalue weighted by molar-refractivity contribution is 0.668. The highest BCUT2D eigenvalue weighted by molar-refractivity contribution is 6.36. The molecule has 16 heavy (non-hydrogen) atoms. The van der Waals surface area contributed by atoms with Gasteiger partial charge in [-0.2, -0.15) is 5.26 Å². The summed E-state index contributed by atoms with van der Waals surface area (Å²) in [5.74, 6) is 0. The fourth-order valence-electron chi connectivity index (χ4n) is 1.69. The van der Waals surface area contributed by atoms with Crippen molar-refractivity contribution in [1.29, 1.82) is 5.26 Å². The fourth-order valence-corrected chi connectivity index (χ4v) is 1.91. The van der Waals surface area contributed by atoms with Gasteiger partial charge in [0.1, 0.15) is 22.2 Å². The number of hydrogen-bond donors (Lipinski definition) is 0. The molecule has 0 spiro atoms. The number of para-hydroxylation sites is 1. The van der Waals surface area contributed by atoms with E-state index in [1.165, 1.54) is 6.20 Å². The molecule has 0 unspecified atom stereocenters. The van der Waals surface area contributed by atoms with Crippen LogP contribution in [0.2, 0.25) is 5.02 Å². The molecule has 0 radical (unpaired) electrons. The van der Waals surface area contributed by atoms with E-state index in [2.05, 4.69) is 4.98 Å². The molecule has 0 saturated carbocycles. The summed E-state index contributed by atoms with van der Waals surface area (Å²) in [7, 11) is 0. The summed E-state index contributed by atoms with van der Waals surface area (Å²) in [6, 6.07) is 9.52. The van der Waals surface area contributed by atoms with E-state index in [-0.39, 0.29) is 0 Å². The van der Waals surface area contributed by atoms with Crippen molar-refractivity contribution in [2.24, 2.45) is 0 Å². The van der Waals surface area contributed by atoms with Crippen molar-refractivity contribution >= 4 is 33.7 Å². The van der Waals surface area contributed by atoms with Crippen LogP contribution in [0.15, 0.2) is 34.9 Å². The van der Waals surface area contributed by atoms with Gasteiger partial charge in [-0.1, -0.05) is 23.7 Å². The van der Waals surface area contributed by atoms with Crippen LogP contribution in [0.5, 0.6) is 0 Å². The Morgan fingerprint density at radius 1 is 1.31 bits per heavy atom. The Labute approximate surface area is 95.9 Å². The molecule has 2 aromatic heterocycles. The van der Waals surface area contributed by atoms with Crippen molar-refractivity contribution in [3.8, 4) is 6.07 Å². The molecule has 0 aliphatic carbocycles. The molecule has 1 aromatic carbocycles. The predicted molar refractivity (Wildman–Crippen MR) is 61.2 cm³/mol. The minimum Gasteiger partial charge on any atom is -0.453 e. The molecule has 0 fully saturated rings. The minimum atomic E-state index is 0.323. The average molecular weight is 229 g/mol. The van der Waals surface area contributed by atoms with Gasteiger partial charge in [-0.15, -0.1) is 0 Å². The van der Waals surface area contributed by atoms with Crippen LogP contribution in [-0.2, 0) is 0 Å². The van der Waals surface area contributed by atoms with Crippen molar-refractivity contribution in [1.82, 2.24) is 4.98 Å². The van der Waals surface area contributed by atoms with Gasteiger partial charge in [-0.25, -0.2) is 0 Å². The molecular formula is C12H5ClN2O. The van der Waals surface area contributed by atoms with E-state index in [1.54, 1.807) is 0 Å². The van der Waals surface area contributed by atoms with Crippen molar-refractivity contribution in [3.63, 3.8) is 0 Å². The first-order chi connectivity index (χ1) is 7.81. The van der Waals surface area contributed by atoms with Crippen molar-refractivity contribution < 1.29 is 4.42 Å². The molecule has 0 aliphatic heterocycles. The van der Waals surface area contributed by atoms with Crippen LogP contribution in [0.4, 0.5) is 0 Å². The van der Waals surface area contributed by atoms with E-state index < -0.39 is 0 Å². The Balaban J connectivity index is 2.56. The van der Waals surface area contributed by atoms with Gasteiger partial charge in [0.25, 0.3) is 0 Å². The van der Waals surface area contributed by atoms with Gasteiger partial charge in [0.05, 0.1) is 5.56 Å². The van der Waals surface area contributed by atoms with Crippen molar-refractivity contribution in [3.05, 3.63) is 41.0 Å². The summed E-state index contributed by atoms with van der Waals surface area (Å²) in [5.41, 5.74) is 2.22. The summed E-state index contributed by atoms with van der Waals surface area (Å²) in [6.07, 6.45) is 1.46. The molecular weight excluding hydrogens is 224 g/mol. The number of hydrogen-bond acceptors (Lipinski definition) is 3. The lowest BCUT2D eigenvalue weighted by atomic mass is 10.2. The summed E-state index contributed by atoms with van der Waals surface area (Å²) in [4.78, 5) is 4.20. The maximum absolute atomic E-state index is 8.84. The third kappa shape index (κ3) is 1.11. The largest absolute Gasteiger partial charge is 0.453 e. The summed E-state index contributed by atoms with van der Waals surface area (Å²) >= 11 is 6.06. The van der Waals surface area contributed by atoms with E-state index in [0.717, 1.165) is 11.0 Å². The second-order valence-electron chi connectivity index (χ2n) is 3.37. The number of furan rings is 1. The van der Waals surface area contributed by atoms with Crippen molar-refractivity contribution in [2.45, 2.75) is 0 Å². The third-order valence-corrected chi connectivity index (χ3v) is 2.82. The molecule has 0 atom stereocenters. The summed E-state index contributed by atoms with van der Waals surface area (Å²) in [6.45, 7) is 0. The highest BCUT2D eigenvalue weighted by atomic mass is 35.5. The monoisotopic (exact) mass is 228 g/mol. The molecule has 2 heterocycles. The molecule has 4 heteroatoms. The number of nitrogens with zero attached hydrogens (tertiary/aromatic N) is 2. The first kappa shape index (κ1) is 9.20. The van der Waals surface area contributed by atoms with Crippen LogP contribution in [0.1, 0.15) is 5.56 Å². The molecule has 3 rings (SSSR count). The fraction of sp³-hybridized carbons (Fsp3) is 0. The first-order valence-corrected chi connectivity index (χ1v) is 5.05. The Hall–Kier alpha value is -2.05. The van der Waals surface area contributed by atoms with Crippen LogP contribution in [0.25, 0.3) is 22.1 Å². The van der Waals surface area contributed by atoms with Crippen LogP contribution in [0, 0.1) is 11.3 Å². The smallest absolute Gasteiger partial charge is 0.173 e. The van der Waals surface area contributed by atoms with E-state index >= 15 is 0 Å². The number of fused-ring (bicyclic) bond motifs is 3. The number of rotatable bonds is 0. The Bertz CT molecular complexity index is 740. The SMILES string of the molecule is N#Cc1cnc2c(oc3ccccc32)c1Cl. The second kappa shape index (κ2) is 3.22. The first-order valence-electron chi connectivity index (χ1n) is 4.67. The number of aromatic nitrogens is 1. The molecule has 3 nitrogen and oxygen atoms in total. The van der Waals surface area contributed by atoms with Gasteiger partial charge >= 0.3 is 0 Å². The van der Waals surface area contributed by atoms with E-state index in [9.17, 15) is 0 Å². The average Bonchev–Trinajstić information content (AvgIpc) is 2.69.